The van der Waals surface area contributed by atoms with Crippen LogP contribution in [0.3, 0.4) is 0 Å². The first-order valence-electron chi connectivity index (χ1n) is 7.06. The minimum atomic E-state index is -0.0954. The average molecular weight is 281 g/mol. The van der Waals surface area contributed by atoms with Crippen LogP contribution in [-0.2, 0) is 6.61 Å². The van der Waals surface area contributed by atoms with Gasteiger partial charge < -0.3 is 10.2 Å². The molecule has 1 fully saturated rings. The summed E-state index contributed by atoms with van der Waals surface area (Å²) < 4.78 is 1.81. The highest BCUT2D eigenvalue weighted by atomic mass is 16.3. The highest BCUT2D eigenvalue weighted by molar-refractivity contribution is 5.94. The number of phenols is 1. The number of aliphatic hydroxyl groups excluding tert-OH is 1. The quantitative estimate of drug-likeness (QED) is 0.773. The van der Waals surface area contributed by atoms with E-state index in [0.717, 1.165) is 35.0 Å². The lowest BCUT2D eigenvalue weighted by molar-refractivity contribution is 0.275. The van der Waals surface area contributed by atoms with Crippen molar-refractivity contribution in [3.05, 3.63) is 47.8 Å². The first-order chi connectivity index (χ1) is 10.3. The molecule has 5 heteroatoms. The fraction of sp³-hybridized carbons (Fsp3) is 0.250. The van der Waals surface area contributed by atoms with E-state index in [1.807, 2.05) is 35.0 Å². The number of benzene rings is 2. The van der Waals surface area contributed by atoms with Crippen molar-refractivity contribution in [3.8, 4) is 11.4 Å². The Morgan fingerprint density at radius 2 is 1.86 bits per heavy atom. The van der Waals surface area contributed by atoms with Crippen molar-refractivity contribution in [1.82, 2.24) is 15.0 Å². The minimum absolute atomic E-state index is 0.0954. The molecule has 2 N–H and O–H groups in total. The summed E-state index contributed by atoms with van der Waals surface area (Å²) in [5.74, 6) is 0.680. The molecule has 1 heterocycles. The maximum atomic E-state index is 10.00. The van der Waals surface area contributed by atoms with E-state index < -0.39 is 0 Å². The molecule has 0 amide bonds. The van der Waals surface area contributed by atoms with Gasteiger partial charge in [0.25, 0.3) is 0 Å². The molecule has 1 aliphatic rings. The van der Waals surface area contributed by atoms with Crippen LogP contribution in [-0.4, -0.2) is 25.2 Å². The van der Waals surface area contributed by atoms with E-state index in [-0.39, 0.29) is 12.4 Å². The molecule has 0 radical (unpaired) electrons. The Kier molecular flexibility index (Phi) is 2.68. The van der Waals surface area contributed by atoms with E-state index in [1.165, 1.54) is 0 Å². The highest BCUT2D eigenvalue weighted by Crippen LogP contribution is 2.42. The fourth-order valence-electron chi connectivity index (χ4n) is 2.84. The van der Waals surface area contributed by atoms with Gasteiger partial charge in [-0.25, -0.2) is 4.68 Å². The molecule has 0 saturated heterocycles. The third-order valence-electron chi connectivity index (χ3n) is 4.00. The molecule has 2 aromatic carbocycles. The lowest BCUT2D eigenvalue weighted by atomic mass is 10.1. The Hall–Kier alpha value is -2.40. The number of nitrogens with zero attached hydrogens (tertiary/aromatic N) is 3. The molecule has 21 heavy (non-hydrogen) atoms. The van der Waals surface area contributed by atoms with Crippen molar-refractivity contribution in [2.45, 2.75) is 25.4 Å². The molecular weight excluding hydrogens is 266 g/mol. The number of aromatic hydroxyl groups is 1. The molecule has 0 bridgehead atoms. The molecule has 5 nitrogen and oxygen atoms in total. The summed E-state index contributed by atoms with van der Waals surface area (Å²) >= 11 is 0. The van der Waals surface area contributed by atoms with Gasteiger partial charge in [0.2, 0.25) is 0 Å². The average Bonchev–Trinajstić information content (AvgIpc) is 3.26. The summed E-state index contributed by atoms with van der Waals surface area (Å²) in [5.41, 5.74) is 2.53. The van der Waals surface area contributed by atoms with Crippen LogP contribution in [0, 0.1) is 0 Å². The normalized spacial score (nSPS) is 14.7. The van der Waals surface area contributed by atoms with Crippen molar-refractivity contribution < 1.29 is 10.2 Å². The van der Waals surface area contributed by atoms with E-state index >= 15 is 0 Å². The van der Waals surface area contributed by atoms with Crippen LogP contribution >= 0.6 is 0 Å². The van der Waals surface area contributed by atoms with Gasteiger partial charge in [0.15, 0.2) is 0 Å². The maximum absolute atomic E-state index is 10.00. The molecule has 1 saturated carbocycles. The Morgan fingerprint density at radius 3 is 2.62 bits per heavy atom. The molecule has 106 valence electrons. The molecule has 0 unspecified atom stereocenters. The number of aliphatic hydroxyl groups is 1. The van der Waals surface area contributed by atoms with E-state index in [1.54, 1.807) is 6.07 Å². The smallest absolute Gasteiger partial charge is 0.123 e. The van der Waals surface area contributed by atoms with Crippen LogP contribution in [0.25, 0.3) is 16.5 Å². The van der Waals surface area contributed by atoms with Gasteiger partial charge in [-0.15, -0.1) is 5.10 Å². The summed E-state index contributed by atoms with van der Waals surface area (Å²) in [7, 11) is 0. The lowest BCUT2D eigenvalue weighted by Gasteiger charge is -2.10. The molecule has 0 atom stereocenters. The van der Waals surface area contributed by atoms with Gasteiger partial charge >= 0.3 is 0 Å². The van der Waals surface area contributed by atoms with Gasteiger partial charge in [-0.1, -0.05) is 29.5 Å². The van der Waals surface area contributed by atoms with Crippen LogP contribution < -0.4 is 0 Å². The second kappa shape index (κ2) is 4.56. The molecular formula is C16H15N3O2. The van der Waals surface area contributed by atoms with Crippen molar-refractivity contribution >= 4 is 10.8 Å². The van der Waals surface area contributed by atoms with Gasteiger partial charge in [-0.05, 0) is 25.0 Å². The van der Waals surface area contributed by atoms with E-state index in [0.29, 0.717) is 11.6 Å². The summed E-state index contributed by atoms with van der Waals surface area (Å²) in [6.07, 6.45) is 2.22. The third-order valence-corrected chi connectivity index (χ3v) is 4.00. The topological polar surface area (TPSA) is 71.2 Å². The summed E-state index contributed by atoms with van der Waals surface area (Å²) in [6.45, 7) is -0.0954. The first-order valence-corrected chi connectivity index (χ1v) is 7.06. The number of phenolic OH excluding ortho intramolecular Hbond substituents is 1. The number of aromatic nitrogens is 3. The Labute approximate surface area is 121 Å². The van der Waals surface area contributed by atoms with Gasteiger partial charge in [-0.3, -0.25) is 0 Å². The SMILES string of the molecule is OCc1nnn(-c2cccc3c(O)cccc23)c1C1CC1. The summed E-state index contributed by atoms with van der Waals surface area (Å²) in [6, 6.07) is 11.2. The summed E-state index contributed by atoms with van der Waals surface area (Å²) in [4.78, 5) is 0. The largest absolute Gasteiger partial charge is 0.507 e. The number of fused-ring (bicyclic) bond motifs is 1. The zero-order chi connectivity index (χ0) is 14.4. The predicted octanol–water partition coefficient (Wildman–Crippen LogP) is 2.50. The van der Waals surface area contributed by atoms with Crippen molar-refractivity contribution in [2.75, 3.05) is 0 Å². The van der Waals surface area contributed by atoms with Gasteiger partial charge in [0.05, 0.1) is 18.0 Å². The van der Waals surface area contributed by atoms with Gasteiger partial charge in [0, 0.05) is 16.7 Å². The molecule has 0 spiro atoms. The third kappa shape index (κ3) is 1.89. The van der Waals surface area contributed by atoms with Crippen LogP contribution in [0.2, 0.25) is 0 Å². The molecule has 1 aromatic heterocycles. The Morgan fingerprint density at radius 1 is 1.10 bits per heavy atom. The predicted molar refractivity (Wildman–Crippen MR) is 78.4 cm³/mol. The van der Waals surface area contributed by atoms with Gasteiger partial charge in [0.1, 0.15) is 11.4 Å². The second-order valence-electron chi connectivity index (χ2n) is 5.41. The van der Waals surface area contributed by atoms with Crippen LogP contribution in [0.1, 0.15) is 30.1 Å². The number of hydrogen-bond acceptors (Lipinski definition) is 4. The highest BCUT2D eigenvalue weighted by Gasteiger charge is 2.31. The van der Waals surface area contributed by atoms with Crippen molar-refractivity contribution in [3.63, 3.8) is 0 Å². The number of rotatable bonds is 3. The maximum Gasteiger partial charge on any atom is 0.123 e. The molecule has 4 rings (SSSR count). The molecule has 1 aliphatic carbocycles. The number of hydrogen-bond donors (Lipinski definition) is 2. The van der Waals surface area contributed by atoms with E-state index in [2.05, 4.69) is 10.3 Å². The lowest BCUT2D eigenvalue weighted by Crippen LogP contribution is -2.03. The second-order valence-corrected chi connectivity index (χ2v) is 5.41. The standard InChI is InChI=1S/C16H15N3O2/c20-9-13-16(10-7-8-10)19(18-17-13)14-5-1-4-12-11(14)3-2-6-15(12)21/h1-6,10,20-21H,7-9H2. The fourth-order valence-corrected chi connectivity index (χ4v) is 2.84. The minimum Gasteiger partial charge on any atom is -0.507 e. The van der Waals surface area contributed by atoms with Crippen LogP contribution in [0.5, 0.6) is 5.75 Å². The monoisotopic (exact) mass is 281 g/mol. The van der Waals surface area contributed by atoms with Gasteiger partial charge in [-0.2, -0.15) is 0 Å². The van der Waals surface area contributed by atoms with Crippen LogP contribution in [0.15, 0.2) is 36.4 Å². The van der Waals surface area contributed by atoms with Crippen molar-refractivity contribution in [1.29, 1.82) is 0 Å². The first kappa shape index (κ1) is 12.3. The molecule has 0 aliphatic heterocycles. The Balaban J connectivity index is 1.99. The zero-order valence-electron chi connectivity index (χ0n) is 11.4. The zero-order valence-corrected chi connectivity index (χ0v) is 11.4. The van der Waals surface area contributed by atoms with E-state index in [4.69, 9.17) is 0 Å². The van der Waals surface area contributed by atoms with Crippen LogP contribution in [0.4, 0.5) is 0 Å². The van der Waals surface area contributed by atoms with E-state index in [9.17, 15) is 10.2 Å². The Bertz CT molecular complexity index is 822. The van der Waals surface area contributed by atoms with Crippen molar-refractivity contribution in [2.24, 2.45) is 0 Å². The molecule has 3 aromatic rings. The summed E-state index contributed by atoms with van der Waals surface area (Å²) in [5, 5.41) is 29.5.